The standard InChI is InChI=1S/C13H11BrCl2FNOS/c1-2-11(13-18-7(5-15)6-20-13)19-12-4-10(17)9(16)3-8(12)14/h3-4,6,11H,2,5H2,1H3. The lowest BCUT2D eigenvalue weighted by atomic mass is 10.2. The summed E-state index contributed by atoms with van der Waals surface area (Å²) in [5.74, 6) is 0.258. The van der Waals surface area contributed by atoms with Crippen LogP contribution in [-0.4, -0.2) is 4.98 Å². The molecule has 2 rings (SSSR count). The summed E-state index contributed by atoms with van der Waals surface area (Å²) >= 11 is 16.3. The minimum Gasteiger partial charge on any atom is -0.482 e. The highest BCUT2D eigenvalue weighted by Crippen LogP contribution is 2.35. The number of alkyl halides is 1. The van der Waals surface area contributed by atoms with Crippen molar-refractivity contribution in [1.29, 1.82) is 0 Å². The van der Waals surface area contributed by atoms with E-state index in [9.17, 15) is 4.39 Å². The fourth-order valence-corrected chi connectivity index (χ4v) is 3.48. The van der Waals surface area contributed by atoms with Crippen molar-refractivity contribution in [3.63, 3.8) is 0 Å². The van der Waals surface area contributed by atoms with Gasteiger partial charge in [-0.2, -0.15) is 0 Å². The highest BCUT2D eigenvalue weighted by molar-refractivity contribution is 9.10. The first-order chi connectivity index (χ1) is 9.55. The van der Waals surface area contributed by atoms with Gasteiger partial charge in [0.1, 0.15) is 22.7 Å². The second-order valence-electron chi connectivity index (χ2n) is 4.02. The molecule has 1 heterocycles. The second kappa shape index (κ2) is 7.07. The van der Waals surface area contributed by atoms with Crippen LogP contribution in [0.1, 0.15) is 30.2 Å². The van der Waals surface area contributed by atoms with Crippen LogP contribution in [0, 0.1) is 5.82 Å². The quantitative estimate of drug-likeness (QED) is 0.457. The van der Waals surface area contributed by atoms with Crippen molar-refractivity contribution in [2.75, 3.05) is 0 Å². The summed E-state index contributed by atoms with van der Waals surface area (Å²) in [5.41, 5.74) is 0.815. The Hall–Kier alpha value is -0.360. The van der Waals surface area contributed by atoms with Crippen molar-refractivity contribution in [3.8, 4) is 5.75 Å². The number of hydrogen-bond donors (Lipinski definition) is 0. The van der Waals surface area contributed by atoms with Crippen LogP contribution in [0.15, 0.2) is 22.0 Å². The van der Waals surface area contributed by atoms with Crippen LogP contribution in [0.2, 0.25) is 5.02 Å². The van der Waals surface area contributed by atoms with Crippen molar-refractivity contribution in [1.82, 2.24) is 4.98 Å². The minimum absolute atomic E-state index is 0.0518. The lowest BCUT2D eigenvalue weighted by Crippen LogP contribution is -2.07. The Morgan fingerprint density at radius 2 is 2.25 bits per heavy atom. The predicted molar refractivity (Wildman–Crippen MR) is 84.4 cm³/mol. The number of aromatic nitrogens is 1. The van der Waals surface area contributed by atoms with Gasteiger partial charge in [-0.1, -0.05) is 18.5 Å². The molecule has 7 heteroatoms. The summed E-state index contributed by atoms with van der Waals surface area (Å²) in [6.07, 6.45) is 0.472. The van der Waals surface area contributed by atoms with Gasteiger partial charge in [-0.05, 0) is 28.4 Å². The zero-order chi connectivity index (χ0) is 14.7. The van der Waals surface area contributed by atoms with Crippen molar-refractivity contribution in [2.45, 2.75) is 25.3 Å². The van der Waals surface area contributed by atoms with Gasteiger partial charge < -0.3 is 4.74 Å². The molecule has 20 heavy (non-hydrogen) atoms. The molecule has 2 aromatic rings. The third-order valence-corrected chi connectivity index (χ3v) is 4.77. The van der Waals surface area contributed by atoms with Crippen molar-refractivity contribution < 1.29 is 9.13 Å². The van der Waals surface area contributed by atoms with Gasteiger partial charge >= 0.3 is 0 Å². The maximum absolute atomic E-state index is 13.5. The van der Waals surface area contributed by atoms with Crippen molar-refractivity contribution in [2.24, 2.45) is 0 Å². The fraction of sp³-hybridized carbons (Fsp3) is 0.308. The van der Waals surface area contributed by atoms with Crippen LogP contribution in [0.25, 0.3) is 0 Å². The van der Waals surface area contributed by atoms with Gasteiger partial charge in [0.25, 0.3) is 0 Å². The van der Waals surface area contributed by atoms with Crippen LogP contribution < -0.4 is 4.74 Å². The lowest BCUT2D eigenvalue weighted by molar-refractivity contribution is 0.198. The normalized spacial score (nSPS) is 12.4. The van der Waals surface area contributed by atoms with E-state index < -0.39 is 5.82 Å². The third kappa shape index (κ3) is 3.64. The van der Waals surface area contributed by atoms with Gasteiger partial charge in [0.05, 0.1) is 21.1 Å². The summed E-state index contributed by atoms with van der Waals surface area (Å²) < 4.78 is 20.0. The Bertz CT molecular complexity index is 608. The SMILES string of the molecule is CCC(Oc1cc(F)c(Cl)cc1Br)c1nc(CCl)cs1. The summed E-state index contributed by atoms with van der Waals surface area (Å²) in [7, 11) is 0. The molecule has 0 aliphatic carbocycles. The molecule has 0 N–H and O–H groups in total. The predicted octanol–water partition coefficient (Wildman–Crippen LogP) is 5.97. The Morgan fingerprint density at radius 3 is 2.85 bits per heavy atom. The molecular weight excluding hydrogens is 388 g/mol. The van der Waals surface area contributed by atoms with Gasteiger partial charge in [0, 0.05) is 11.4 Å². The first-order valence-electron chi connectivity index (χ1n) is 5.86. The largest absolute Gasteiger partial charge is 0.482 e. The number of thiazole rings is 1. The molecule has 0 amide bonds. The van der Waals surface area contributed by atoms with Gasteiger partial charge in [-0.15, -0.1) is 22.9 Å². The third-order valence-electron chi connectivity index (χ3n) is 2.60. The van der Waals surface area contributed by atoms with E-state index in [1.165, 1.54) is 23.5 Å². The molecule has 0 saturated heterocycles. The van der Waals surface area contributed by atoms with E-state index in [1.54, 1.807) is 0 Å². The van der Waals surface area contributed by atoms with E-state index in [0.717, 1.165) is 10.7 Å². The molecule has 108 valence electrons. The fourth-order valence-electron chi connectivity index (χ4n) is 1.59. The van der Waals surface area contributed by atoms with Crippen LogP contribution in [0.3, 0.4) is 0 Å². The Kier molecular flexibility index (Phi) is 5.66. The number of halogens is 4. The van der Waals surface area contributed by atoms with Crippen molar-refractivity contribution in [3.05, 3.63) is 43.5 Å². The number of rotatable bonds is 5. The molecule has 0 radical (unpaired) electrons. The average Bonchev–Trinajstić information content (AvgIpc) is 2.90. The molecule has 1 aromatic heterocycles. The van der Waals surface area contributed by atoms with Gasteiger partial charge in [-0.25, -0.2) is 9.37 Å². The van der Waals surface area contributed by atoms with Crippen LogP contribution >= 0.6 is 50.5 Å². The smallest absolute Gasteiger partial charge is 0.150 e. The van der Waals surface area contributed by atoms with Gasteiger partial charge in [-0.3, -0.25) is 0 Å². The van der Waals surface area contributed by atoms with E-state index in [2.05, 4.69) is 20.9 Å². The number of ether oxygens (including phenoxy) is 1. The van der Waals surface area contributed by atoms with E-state index in [0.29, 0.717) is 22.5 Å². The number of nitrogens with zero attached hydrogens (tertiary/aromatic N) is 1. The molecule has 0 fully saturated rings. The van der Waals surface area contributed by atoms with Gasteiger partial charge in [0.15, 0.2) is 0 Å². The molecule has 1 atom stereocenters. The van der Waals surface area contributed by atoms with Crippen molar-refractivity contribution >= 4 is 50.5 Å². The van der Waals surface area contributed by atoms with E-state index in [-0.39, 0.29) is 11.1 Å². The second-order valence-corrected chi connectivity index (χ2v) is 6.44. The highest BCUT2D eigenvalue weighted by atomic mass is 79.9. The Morgan fingerprint density at radius 1 is 1.50 bits per heavy atom. The Labute approximate surface area is 139 Å². The van der Waals surface area contributed by atoms with Crippen LogP contribution in [-0.2, 0) is 5.88 Å². The number of hydrogen-bond acceptors (Lipinski definition) is 3. The maximum atomic E-state index is 13.5. The Balaban J connectivity index is 2.24. The van der Waals surface area contributed by atoms with E-state index >= 15 is 0 Å². The summed E-state index contributed by atoms with van der Waals surface area (Å²) in [6.45, 7) is 1.98. The maximum Gasteiger partial charge on any atom is 0.150 e. The first-order valence-corrected chi connectivity index (χ1v) is 8.45. The number of benzene rings is 1. The van der Waals surface area contributed by atoms with E-state index in [1.807, 2.05) is 12.3 Å². The highest BCUT2D eigenvalue weighted by Gasteiger charge is 2.18. The summed E-state index contributed by atoms with van der Waals surface area (Å²) in [5, 5.41) is 2.77. The van der Waals surface area contributed by atoms with Gasteiger partial charge in [0.2, 0.25) is 0 Å². The van der Waals surface area contributed by atoms with E-state index in [4.69, 9.17) is 27.9 Å². The minimum atomic E-state index is -0.514. The van der Waals surface area contributed by atoms with Crippen LogP contribution in [0.5, 0.6) is 5.75 Å². The monoisotopic (exact) mass is 397 g/mol. The molecule has 0 spiro atoms. The molecule has 2 nitrogen and oxygen atoms in total. The molecule has 0 saturated carbocycles. The molecule has 1 aromatic carbocycles. The first kappa shape index (κ1) is 16.0. The average molecular weight is 399 g/mol. The molecule has 1 unspecified atom stereocenters. The molecule has 0 aliphatic rings. The zero-order valence-corrected chi connectivity index (χ0v) is 14.4. The summed E-state index contributed by atoms with van der Waals surface area (Å²) in [4.78, 5) is 4.39. The summed E-state index contributed by atoms with van der Waals surface area (Å²) in [6, 6.07) is 2.75. The van der Waals surface area contributed by atoms with Crippen LogP contribution in [0.4, 0.5) is 4.39 Å². The lowest BCUT2D eigenvalue weighted by Gasteiger charge is -2.16. The molecule has 0 aliphatic heterocycles. The molecular formula is C13H11BrCl2FNOS. The zero-order valence-electron chi connectivity index (χ0n) is 10.5. The molecule has 0 bridgehead atoms. The topological polar surface area (TPSA) is 22.1 Å².